The van der Waals surface area contributed by atoms with E-state index in [1.807, 2.05) is 33.9 Å². The maximum Gasteiger partial charge on any atom is 0.241 e. The number of nitrogens with zero attached hydrogens (tertiary/aromatic N) is 1. The highest BCUT2D eigenvalue weighted by Crippen LogP contribution is 2.22. The Morgan fingerprint density at radius 1 is 1.27 bits per heavy atom. The molecule has 22 heavy (non-hydrogen) atoms. The molecule has 1 N–H and O–H groups in total. The number of amides is 1. The van der Waals surface area contributed by atoms with E-state index in [4.69, 9.17) is 0 Å². The third kappa shape index (κ3) is 3.96. The van der Waals surface area contributed by atoms with Gasteiger partial charge in [-0.05, 0) is 57.3 Å². The molecule has 1 atom stereocenters. The third-order valence-corrected chi connectivity index (χ3v) is 4.81. The minimum Gasteiger partial charge on any atom is -0.324 e. The molecular formula is C18H24N2OS. The van der Waals surface area contributed by atoms with Gasteiger partial charge in [0.2, 0.25) is 5.91 Å². The van der Waals surface area contributed by atoms with Crippen molar-refractivity contribution in [2.24, 2.45) is 0 Å². The first-order valence-electron chi connectivity index (χ1n) is 7.50. The summed E-state index contributed by atoms with van der Waals surface area (Å²) in [6.45, 7) is 8.88. The summed E-state index contributed by atoms with van der Waals surface area (Å²) in [5.41, 5.74) is 4.38. The summed E-state index contributed by atoms with van der Waals surface area (Å²) in [5.74, 6) is 0.0362. The molecule has 0 aliphatic carbocycles. The molecule has 2 aromatic rings. The number of nitrogens with one attached hydrogen (secondary N) is 1. The normalized spacial score (nSPS) is 12.5. The highest BCUT2D eigenvalue weighted by Gasteiger charge is 2.19. The van der Waals surface area contributed by atoms with Gasteiger partial charge in [-0.15, -0.1) is 11.3 Å². The molecule has 0 unspecified atom stereocenters. The van der Waals surface area contributed by atoms with Crippen LogP contribution in [-0.2, 0) is 11.3 Å². The first kappa shape index (κ1) is 16.7. The zero-order valence-corrected chi connectivity index (χ0v) is 14.8. The molecule has 0 aliphatic heterocycles. The third-order valence-electron chi connectivity index (χ3n) is 3.95. The lowest BCUT2D eigenvalue weighted by Gasteiger charge is -2.24. The SMILES string of the molecule is Cc1cc(C)c(NC(=O)[C@H](C)N(C)Cc2cccs2)c(C)c1. The molecule has 118 valence electrons. The van der Waals surface area contributed by atoms with E-state index >= 15 is 0 Å². The Morgan fingerprint density at radius 3 is 2.45 bits per heavy atom. The molecule has 1 amide bonds. The topological polar surface area (TPSA) is 32.3 Å². The van der Waals surface area contributed by atoms with Crippen LogP contribution in [0, 0.1) is 20.8 Å². The second-order valence-electron chi connectivity index (χ2n) is 5.93. The Labute approximate surface area is 137 Å². The minimum absolute atomic E-state index is 0.0362. The van der Waals surface area contributed by atoms with Gasteiger partial charge < -0.3 is 5.32 Å². The lowest BCUT2D eigenvalue weighted by atomic mass is 10.0. The number of anilines is 1. The monoisotopic (exact) mass is 316 g/mol. The van der Waals surface area contributed by atoms with Crippen molar-refractivity contribution in [2.75, 3.05) is 12.4 Å². The zero-order valence-electron chi connectivity index (χ0n) is 13.9. The van der Waals surface area contributed by atoms with Gasteiger partial charge in [0.1, 0.15) is 0 Å². The van der Waals surface area contributed by atoms with Crippen LogP contribution in [0.25, 0.3) is 0 Å². The van der Waals surface area contributed by atoms with Gasteiger partial charge in [0, 0.05) is 17.1 Å². The number of carbonyl (C=O) groups excluding carboxylic acids is 1. The van der Waals surface area contributed by atoms with Crippen molar-refractivity contribution in [3.8, 4) is 0 Å². The molecule has 0 saturated heterocycles. The van der Waals surface area contributed by atoms with Gasteiger partial charge in [0.05, 0.1) is 6.04 Å². The predicted molar refractivity (Wildman–Crippen MR) is 94.5 cm³/mol. The van der Waals surface area contributed by atoms with Crippen molar-refractivity contribution < 1.29 is 4.79 Å². The van der Waals surface area contributed by atoms with Crippen LogP contribution in [0.3, 0.4) is 0 Å². The molecule has 3 nitrogen and oxygen atoms in total. The zero-order chi connectivity index (χ0) is 16.3. The van der Waals surface area contributed by atoms with E-state index < -0.39 is 0 Å². The van der Waals surface area contributed by atoms with Gasteiger partial charge in [-0.2, -0.15) is 0 Å². The Balaban J connectivity index is 2.05. The van der Waals surface area contributed by atoms with Crippen molar-refractivity contribution in [3.63, 3.8) is 0 Å². The van der Waals surface area contributed by atoms with Crippen molar-refractivity contribution in [1.82, 2.24) is 4.90 Å². The standard InChI is InChI=1S/C18H24N2OS/c1-12-9-13(2)17(14(3)10-12)19-18(21)15(4)20(5)11-16-7-6-8-22-16/h6-10,15H,11H2,1-5H3,(H,19,21)/t15-/m0/s1. The van der Waals surface area contributed by atoms with E-state index in [-0.39, 0.29) is 11.9 Å². The fourth-order valence-corrected chi connectivity index (χ4v) is 3.36. The molecule has 4 heteroatoms. The van der Waals surface area contributed by atoms with Gasteiger partial charge in [-0.1, -0.05) is 23.8 Å². The van der Waals surface area contributed by atoms with Crippen molar-refractivity contribution >= 4 is 22.9 Å². The van der Waals surface area contributed by atoms with Crippen LogP contribution in [0.1, 0.15) is 28.5 Å². The van der Waals surface area contributed by atoms with E-state index in [1.54, 1.807) is 11.3 Å². The van der Waals surface area contributed by atoms with E-state index in [0.29, 0.717) is 0 Å². The van der Waals surface area contributed by atoms with Gasteiger partial charge in [0.25, 0.3) is 0 Å². The Kier molecular flexibility index (Phi) is 5.37. The highest BCUT2D eigenvalue weighted by atomic mass is 32.1. The van der Waals surface area contributed by atoms with Crippen LogP contribution in [0.5, 0.6) is 0 Å². The highest BCUT2D eigenvalue weighted by molar-refractivity contribution is 7.09. The van der Waals surface area contributed by atoms with Crippen LogP contribution in [0.15, 0.2) is 29.6 Å². The summed E-state index contributed by atoms with van der Waals surface area (Å²) >= 11 is 1.72. The number of rotatable bonds is 5. The molecular weight excluding hydrogens is 292 g/mol. The van der Waals surface area contributed by atoms with Crippen LogP contribution < -0.4 is 5.32 Å². The molecule has 0 aliphatic rings. The largest absolute Gasteiger partial charge is 0.324 e. The fourth-order valence-electron chi connectivity index (χ4n) is 2.59. The number of aryl methyl sites for hydroxylation is 3. The first-order chi connectivity index (χ1) is 10.4. The van der Waals surface area contributed by atoms with Gasteiger partial charge >= 0.3 is 0 Å². The average molecular weight is 316 g/mol. The van der Waals surface area contributed by atoms with E-state index in [1.165, 1.54) is 10.4 Å². The van der Waals surface area contributed by atoms with E-state index in [9.17, 15) is 4.79 Å². The maximum atomic E-state index is 12.5. The van der Waals surface area contributed by atoms with Gasteiger partial charge in [-0.3, -0.25) is 9.69 Å². The van der Waals surface area contributed by atoms with Gasteiger partial charge in [-0.25, -0.2) is 0 Å². The summed E-state index contributed by atoms with van der Waals surface area (Å²) < 4.78 is 0. The summed E-state index contributed by atoms with van der Waals surface area (Å²) in [6.07, 6.45) is 0. The molecule has 0 radical (unpaired) electrons. The van der Waals surface area contributed by atoms with Crippen molar-refractivity contribution in [2.45, 2.75) is 40.3 Å². The molecule has 1 heterocycles. The number of benzene rings is 1. The van der Waals surface area contributed by atoms with E-state index in [2.05, 4.69) is 40.7 Å². The van der Waals surface area contributed by atoms with Crippen molar-refractivity contribution in [3.05, 3.63) is 51.2 Å². The summed E-state index contributed by atoms with van der Waals surface area (Å²) in [5, 5.41) is 5.15. The molecule has 0 saturated carbocycles. The number of hydrogen-bond acceptors (Lipinski definition) is 3. The molecule has 0 fully saturated rings. The molecule has 1 aromatic heterocycles. The van der Waals surface area contributed by atoms with Crippen LogP contribution in [0.2, 0.25) is 0 Å². The fraction of sp³-hybridized carbons (Fsp3) is 0.389. The van der Waals surface area contributed by atoms with E-state index in [0.717, 1.165) is 23.4 Å². The Morgan fingerprint density at radius 2 is 1.91 bits per heavy atom. The average Bonchev–Trinajstić information content (AvgIpc) is 2.94. The first-order valence-corrected chi connectivity index (χ1v) is 8.37. The molecule has 0 spiro atoms. The van der Waals surface area contributed by atoms with Crippen molar-refractivity contribution in [1.29, 1.82) is 0 Å². The summed E-state index contributed by atoms with van der Waals surface area (Å²) in [6, 6.07) is 8.16. The smallest absolute Gasteiger partial charge is 0.241 e. The number of likely N-dealkylation sites (N-methyl/N-ethyl adjacent to an activating group) is 1. The minimum atomic E-state index is -0.179. The quantitative estimate of drug-likeness (QED) is 0.899. The number of hydrogen-bond donors (Lipinski definition) is 1. The number of carbonyl (C=O) groups is 1. The lowest BCUT2D eigenvalue weighted by molar-refractivity contribution is -0.120. The Bertz CT molecular complexity index is 626. The Hall–Kier alpha value is -1.65. The molecule has 0 bridgehead atoms. The maximum absolute atomic E-state index is 12.5. The van der Waals surface area contributed by atoms with Crippen LogP contribution in [-0.4, -0.2) is 23.9 Å². The molecule has 2 rings (SSSR count). The second-order valence-corrected chi connectivity index (χ2v) is 6.97. The lowest BCUT2D eigenvalue weighted by Crippen LogP contribution is -2.39. The van der Waals surface area contributed by atoms with Crippen LogP contribution >= 0.6 is 11.3 Å². The summed E-state index contributed by atoms with van der Waals surface area (Å²) in [7, 11) is 1.98. The second kappa shape index (κ2) is 7.07. The van der Waals surface area contributed by atoms with Crippen LogP contribution in [0.4, 0.5) is 5.69 Å². The summed E-state index contributed by atoms with van der Waals surface area (Å²) in [4.78, 5) is 15.9. The predicted octanol–water partition coefficient (Wildman–Crippen LogP) is 4.13. The molecule has 1 aromatic carbocycles. The van der Waals surface area contributed by atoms with Gasteiger partial charge in [0.15, 0.2) is 0 Å². The number of thiophene rings is 1.